The second-order valence-electron chi connectivity index (χ2n) is 7.15. The van der Waals surface area contributed by atoms with Gasteiger partial charge >= 0.3 is 0 Å². The van der Waals surface area contributed by atoms with Crippen LogP contribution in [0.3, 0.4) is 0 Å². The average molecular weight is 432 g/mol. The normalized spacial score (nSPS) is 10.8. The molecule has 0 aliphatic carbocycles. The number of nitrogens with zero attached hydrogens (tertiary/aromatic N) is 3. The molecule has 0 aliphatic heterocycles. The molecule has 8 heteroatoms. The molecule has 0 radical (unpaired) electrons. The molecule has 2 heterocycles. The van der Waals surface area contributed by atoms with Gasteiger partial charge in [0, 0.05) is 23.9 Å². The molecule has 0 bridgehead atoms. The van der Waals surface area contributed by atoms with E-state index in [2.05, 4.69) is 15.4 Å². The van der Waals surface area contributed by atoms with E-state index in [0.29, 0.717) is 35.0 Å². The van der Waals surface area contributed by atoms with Crippen molar-refractivity contribution in [2.45, 2.75) is 13.5 Å². The maximum Gasteiger partial charge on any atom is 0.203 e. The Morgan fingerprint density at radius 1 is 1.03 bits per heavy atom. The zero-order valence-corrected chi connectivity index (χ0v) is 18.4. The van der Waals surface area contributed by atoms with Crippen LogP contribution in [0.5, 0.6) is 17.2 Å². The molecule has 2 aromatic heterocycles. The van der Waals surface area contributed by atoms with Crippen LogP contribution in [-0.4, -0.2) is 41.7 Å². The summed E-state index contributed by atoms with van der Waals surface area (Å²) in [5.74, 6) is 2.53. The summed E-state index contributed by atoms with van der Waals surface area (Å²) in [5, 5.41) is 7.91. The molecule has 0 amide bonds. The van der Waals surface area contributed by atoms with E-state index in [1.54, 1.807) is 51.2 Å². The van der Waals surface area contributed by atoms with Crippen LogP contribution < -0.4 is 19.5 Å². The minimum Gasteiger partial charge on any atom is -0.493 e. The van der Waals surface area contributed by atoms with Gasteiger partial charge in [-0.15, -0.1) is 0 Å². The first-order valence-corrected chi connectivity index (χ1v) is 10.0. The van der Waals surface area contributed by atoms with E-state index < -0.39 is 0 Å². The van der Waals surface area contributed by atoms with Gasteiger partial charge in [0.15, 0.2) is 22.9 Å². The monoisotopic (exact) mass is 432 g/mol. The standard InChI is InChI=1S/C24H24N4O4/c1-15(29)17-6-5-7-18(12-17)19-14-27-28-22(8-9-25-24(19)28)26-13-16-10-20(30-2)23(32-4)21(11-16)31-3/h5-12,14,26H,13H2,1-4H3. The van der Waals surface area contributed by atoms with Gasteiger partial charge in [-0.1, -0.05) is 18.2 Å². The number of carbonyl (C=O) groups excluding carboxylic acids is 1. The van der Waals surface area contributed by atoms with Crippen LogP contribution >= 0.6 is 0 Å². The first kappa shape index (κ1) is 21.2. The number of anilines is 1. The Labute approximate surface area is 185 Å². The van der Waals surface area contributed by atoms with Gasteiger partial charge in [-0.25, -0.2) is 4.98 Å². The highest BCUT2D eigenvalue weighted by Crippen LogP contribution is 2.38. The number of rotatable bonds is 8. The fraction of sp³-hybridized carbons (Fsp3) is 0.208. The van der Waals surface area contributed by atoms with Crippen LogP contribution in [-0.2, 0) is 6.54 Å². The Morgan fingerprint density at radius 3 is 2.44 bits per heavy atom. The quantitative estimate of drug-likeness (QED) is 0.417. The smallest absolute Gasteiger partial charge is 0.203 e. The minimum atomic E-state index is 0.0176. The molecule has 4 aromatic rings. The molecule has 0 saturated carbocycles. The summed E-state index contributed by atoms with van der Waals surface area (Å²) >= 11 is 0. The second-order valence-corrected chi connectivity index (χ2v) is 7.15. The third-order valence-corrected chi connectivity index (χ3v) is 5.18. The molecular formula is C24H24N4O4. The lowest BCUT2D eigenvalue weighted by atomic mass is 10.0. The third-order valence-electron chi connectivity index (χ3n) is 5.18. The van der Waals surface area contributed by atoms with Crippen molar-refractivity contribution in [3.8, 4) is 28.4 Å². The van der Waals surface area contributed by atoms with Crippen LogP contribution in [0.4, 0.5) is 5.82 Å². The molecule has 0 spiro atoms. The number of fused-ring (bicyclic) bond motifs is 1. The first-order valence-electron chi connectivity index (χ1n) is 10.0. The number of nitrogens with one attached hydrogen (secondary N) is 1. The van der Waals surface area contributed by atoms with Crippen LogP contribution in [0.2, 0.25) is 0 Å². The lowest BCUT2D eigenvalue weighted by molar-refractivity contribution is 0.101. The van der Waals surface area contributed by atoms with E-state index >= 15 is 0 Å². The Balaban J connectivity index is 1.65. The summed E-state index contributed by atoms with van der Waals surface area (Å²) in [5.41, 5.74) is 4.04. The van der Waals surface area contributed by atoms with Crippen molar-refractivity contribution < 1.29 is 19.0 Å². The number of methoxy groups -OCH3 is 3. The Morgan fingerprint density at radius 2 is 1.78 bits per heavy atom. The van der Waals surface area contributed by atoms with E-state index in [4.69, 9.17) is 14.2 Å². The second kappa shape index (κ2) is 8.97. The number of hydrogen-bond donors (Lipinski definition) is 1. The van der Waals surface area contributed by atoms with Gasteiger partial charge in [0.05, 0.1) is 27.5 Å². The zero-order valence-electron chi connectivity index (χ0n) is 18.4. The molecule has 0 fully saturated rings. The number of Topliss-reactive ketones (excluding diaryl/α,β-unsaturated/α-hetero) is 1. The highest BCUT2D eigenvalue weighted by molar-refractivity contribution is 5.95. The van der Waals surface area contributed by atoms with E-state index in [-0.39, 0.29) is 5.78 Å². The largest absolute Gasteiger partial charge is 0.493 e. The topological polar surface area (TPSA) is 87.0 Å². The molecule has 4 rings (SSSR count). The number of benzene rings is 2. The summed E-state index contributed by atoms with van der Waals surface area (Å²) in [6, 6.07) is 13.1. The van der Waals surface area contributed by atoms with Crippen molar-refractivity contribution in [3.05, 3.63) is 66.0 Å². The summed E-state index contributed by atoms with van der Waals surface area (Å²) in [6.07, 6.45) is 3.49. The van der Waals surface area contributed by atoms with Crippen molar-refractivity contribution >= 4 is 17.2 Å². The van der Waals surface area contributed by atoms with Gasteiger partial charge in [0.25, 0.3) is 0 Å². The van der Waals surface area contributed by atoms with E-state index in [1.165, 1.54) is 0 Å². The molecule has 0 atom stereocenters. The molecule has 0 unspecified atom stereocenters. The maximum atomic E-state index is 11.8. The van der Waals surface area contributed by atoms with Gasteiger partial charge < -0.3 is 19.5 Å². The Bertz CT molecular complexity index is 1260. The molecule has 0 aliphatic rings. The zero-order chi connectivity index (χ0) is 22.7. The predicted molar refractivity (Wildman–Crippen MR) is 122 cm³/mol. The fourth-order valence-corrected chi connectivity index (χ4v) is 3.56. The van der Waals surface area contributed by atoms with Crippen molar-refractivity contribution in [2.24, 2.45) is 0 Å². The lowest BCUT2D eigenvalue weighted by Crippen LogP contribution is -2.06. The van der Waals surface area contributed by atoms with Crippen LogP contribution in [0.15, 0.2) is 54.9 Å². The maximum absolute atomic E-state index is 11.8. The molecule has 2 aromatic carbocycles. The van der Waals surface area contributed by atoms with E-state index in [9.17, 15) is 4.79 Å². The predicted octanol–water partition coefficient (Wildman–Crippen LogP) is 4.24. The summed E-state index contributed by atoms with van der Waals surface area (Å²) in [7, 11) is 4.76. The Kier molecular flexibility index (Phi) is 5.93. The highest BCUT2D eigenvalue weighted by Gasteiger charge is 2.15. The van der Waals surface area contributed by atoms with Gasteiger partial charge in [0.1, 0.15) is 5.82 Å². The van der Waals surface area contributed by atoms with Crippen molar-refractivity contribution in [2.75, 3.05) is 26.6 Å². The van der Waals surface area contributed by atoms with Gasteiger partial charge in [-0.2, -0.15) is 9.61 Å². The first-order chi connectivity index (χ1) is 15.5. The third kappa shape index (κ3) is 3.94. The van der Waals surface area contributed by atoms with Crippen LogP contribution in [0.25, 0.3) is 16.8 Å². The molecule has 1 N–H and O–H groups in total. The fourth-order valence-electron chi connectivity index (χ4n) is 3.56. The van der Waals surface area contributed by atoms with Crippen LogP contribution in [0.1, 0.15) is 22.8 Å². The van der Waals surface area contributed by atoms with Gasteiger partial charge in [-0.05, 0) is 42.3 Å². The highest BCUT2D eigenvalue weighted by atomic mass is 16.5. The average Bonchev–Trinajstić information content (AvgIpc) is 3.26. The van der Waals surface area contributed by atoms with E-state index in [0.717, 1.165) is 22.5 Å². The van der Waals surface area contributed by atoms with Crippen LogP contribution in [0, 0.1) is 0 Å². The summed E-state index contributed by atoms with van der Waals surface area (Å²) in [6.45, 7) is 2.06. The van der Waals surface area contributed by atoms with Crippen molar-refractivity contribution in [1.29, 1.82) is 0 Å². The van der Waals surface area contributed by atoms with Gasteiger partial charge in [-0.3, -0.25) is 4.79 Å². The number of ether oxygens (including phenoxy) is 3. The molecule has 8 nitrogen and oxygen atoms in total. The molecule has 32 heavy (non-hydrogen) atoms. The Hall–Kier alpha value is -4.07. The summed E-state index contributed by atoms with van der Waals surface area (Å²) in [4.78, 5) is 16.3. The number of hydrogen-bond acceptors (Lipinski definition) is 7. The number of carbonyl (C=O) groups is 1. The van der Waals surface area contributed by atoms with Crippen molar-refractivity contribution in [1.82, 2.24) is 14.6 Å². The van der Waals surface area contributed by atoms with Gasteiger partial charge in [0.2, 0.25) is 5.75 Å². The molecule has 0 saturated heterocycles. The summed E-state index contributed by atoms with van der Waals surface area (Å²) < 4.78 is 18.0. The number of ketones is 1. The lowest BCUT2D eigenvalue weighted by Gasteiger charge is -2.15. The molecular weight excluding hydrogens is 408 g/mol. The minimum absolute atomic E-state index is 0.0176. The SMILES string of the molecule is COc1cc(CNc2ccnc3c(-c4cccc(C(C)=O)c4)cnn23)cc(OC)c1OC. The van der Waals surface area contributed by atoms with E-state index in [1.807, 2.05) is 36.4 Å². The van der Waals surface area contributed by atoms with Crippen molar-refractivity contribution in [3.63, 3.8) is 0 Å². The molecule has 164 valence electrons. The number of aromatic nitrogens is 3.